The van der Waals surface area contributed by atoms with Crippen molar-refractivity contribution in [2.24, 2.45) is 21.5 Å². The Morgan fingerprint density at radius 2 is 1.83 bits per heavy atom. The van der Waals surface area contributed by atoms with E-state index in [1.54, 1.807) is 0 Å². The molecule has 1 heterocycles. The van der Waals surface area contributed by atoms with Crippen LogP contribution in [0.5, 0.6) is 0 Å². The lowest BCUT2D eigenvalue weighted by atomic mass is 9.87. The molecule has 3 rings (SSSR count). The van der Waals surface area contributed by atoms with Crippen LogP contribution >= 0.6 is 0 Å². The van der Waals surface area contributed by atoms with Gasteiger partial charge in [-0.1, -0.05) is 12.5 Å². The van der Waals surface area contributed by atoms with E-state index in [0.717, 1.165) is 44.5 Å². The summed E-state index contributed by atoms with van der Waals surface area (Å²) in [4.78, 5) is 13.4. The first-order valence-corrected chi connectivity index (χ1v) is 8.94. The monoisotopic (exact) mass is 328 g/mol. The molecule has 1 saturated carbocycles. The first kappa shape index (κ1) is 16.6. The smallest absolute Gasteiger partial charge is 0.220 e. The van der Waals surface area contributed by atoms with Crippen LogP contribution in [0.3, 0.4) is 0 Å². The summed E-state index contributed by atoms with van der Waals surface area (Å²) in [5, 5.41) is 0. The normalized spacial score (nSPS) is 19.8. The van der Waals surface area contributed by atoms with Gasteiger partial charge in [-0.05, 0) is 57.7 Å². The molecule has 6 heteroatoms. The quantitative estimate of drug-likeness (QED) is 0.890. The molecule has 0 radical (unpaired) electrons. The van der Waals surface area contributed by atoms with Gasteiger partial charge in [0, 0.05) is 24.5 Å². The van der Waals surface area contributed by atoms with E-state index in [-0.39, 0.29) is 5.66 Å². The summed E-state index contributed by atoms with van der Waals surface area (Å²) in [5.41, 5.74) is 14.1. The predicted molar refractivity (Wildman–Crippen MR) is 102 cm³/mol. The molecule has 1 fully saturated rings. The van der Waals surface area contributed by atoms with E-state index in [0.29, 0.717) is 11.9 Å². The molecule has 0 atom stereocenters. The summed E-state index contributed by atoms with van der Waals surface area (Å²) >= 11 is 0. The topological polar surface area (TPSA) is 83.2 Å². The first-order valence-electron chi connectivity index (χ1n) is 8.94. The van der Waals surface area contributed by atoms with Gasteiger partial charge in [-0.25, -0.2) is 4.99 Å². The molecule has 1 aromatic rings. The largest absolute Gasteiger partial charge is 0.372 e. The van der Waals surface area contributed by atoms with Crippen LogP contribution in [0, 0.1) is 0 Å². The second-order valence-corrected chi connectivity index (χ2v) is 6.51. The van der Waals surface area contributed by atoms with Gasteiger partial charge in [0.1, 0.15) is 5.66 Å². The Kier molecular flexibility index (Phi) is 4.64. The molecule has 0 saturated heterocycles. The summed E-state index contributed by atoms with van der Waals surface area (Å²) < 4.78 is 0. The van der Waals surface area contributed by atoms with Gasteiger partial charge < -0.3 is 16.4 Å². The third-order valence-corrected chi connectivity index (χ3v) is 5.07. The van der Waals surface area contributed by atoms with Crippen LogP contribution in [-0.4, -0.2) is 30.7 Å². The van der Waals surface area contributed by atoms with Gasteiger partial charge in [0.05, 0.1) is 0 Å². The molecule has 4 N–H and O–H groups in total. The predicted octanol–water partition coefficient (Wildman–Crippen LogP) is 2.64. The minimum atomic E-state index is -0.379. The number of aliphatic imine (C=N–C) groups is 2. The summed E-state index contributed by atoms with van der Waals surface area (Å²) in [6.45, 7) is 6.28. The van der Waals surface area contributed by atoms with E-state index in [4.69, 9.17) is 16.5 Å². The first-order chi connectivity index (χ1) is 11.6. The van der Waals surface area contributed by atoms with Gasteiger partial charge in [0.2, 0.25) is 11.9 Å². The molecule has 1 aliphatic heterocycles. The van der Waals surface area contributed by atoms with E-state index in [2.05, 4.69) is 52.9 Å². The van der Waals surface area contributed by atoms with Gasteiger partial charge in [-0.2, -0.15) is 4.99 Å². The third-order valence-electron chi connectivity index (χ3n) is 5.07. The fourth-order valence-electron chi connectivity index (χ4n) is 3.91. The number of guanidine groups is 2. The Balaban J connectivity index is 2.02. The van der Waals surface area contributed by atoms with Crippen LogP contribution in [0.2, 0.25) is 0 Å². The molecule has 1 aromatic carbocycles. The summed E-state index contributed by atoms with van der Waals surface area (Å²) in [6, 6.07) is 8.49. The van der Waals surface area contributed by atoms with Crippen molar-refractivity contribution in [3.8, 4) is 0 Å². The second kappa shape index (κ2) is 6.71. The molecule has 1 spiro atoms. The van der Waals surface area contributed by atoms with Gasteiger partial charge in [-0.3, -0.25) is 4.90 Å². The van der Waals surface area contributed by atoms with E-state index < -0.39 is 0 Å². The highest BCUT2D eigenvalue weighted by molar-refractivity contribution is 6.05. The fourth-order valence-corrected chi connectivity index (χ4v) is 3.91. The maximum Gasteiger partial charge on any atom is 0.220 e. The highest BCUT2D eigenvalue weighted by Crippen LogP contribution is 2.40. The standard InChI is InChI=1S/C18H28N6/c1-3-23(4-2)14-9-8-10-15(13-14)24-17(20)21-16(19)22-18(24)11-6-5-7-12-18/h8-10,13H,3-7,11-12H2,1-2H3,(H4,19,20,21,22). The lowest BCUT2D eigenvalue weighted by molar-refractivity contribution is 0.305. The second-order valence-electron chi connectivity index (χ2n) is 6.51. The number of anilines is 2. The molecule has 1 aliphatic carbocycles. The maximum atomic E-state index is 6.30. The number of nitrogens with zero attached hydrogens (tertiary/aromatic N) is 4. The minimum Gasteiger partial charge on any atom is -0.372 e. The van der Waals surface area contributed by atoms with Crippen LogP contribution in [-0.2, 0) is 0 Å². The van der Waals surface area contributed by atoms with Gasteiger partial charge in [0.15, 0.2) is 0 Å². The molecular weight excluding hydrogens is 300 g/mol. The Morgan fingerprint density at radius 1 is 1.12 bits per heavy atom. The lowest BCUT2D eigenvalue weighted by Crippen LogP contribution is -2.58. The summed E-state index contributed by atoms with van der Waals surface area (Å²) in [5.74, 6) is 0.742. The Morgan fingerprint density at radius 3 is 2.50 bits per heavy atom. The minimum absolute atomic E-state index is 0.297. The van der Waals surface area contributed by atoms with Crippen molar-refractivity contribution in [2.45, 2.75) is 51.6 Å². The van der Waals surface area contributed by atoms with E-state index in [9.17, 15) is 0 Å². The van der Waals surface area contributed by atoms with Crippen molar-refractivity contribution < 1.29 is 0 Å². The molecule has 24 heavy (non-hydrogen) atoms. The highest BCUT2D eigenvalue weighted by atomic mass is 15.4. The Bertz CT molecular complexity index is 641. The highest BCUT2D eigenvalue weighted by Gasteiger charge is 2.42. The third kappa shape index (κ3) is 2.92. The van der Waals surface area contributed by atoms with Crippen molar-refractivity contribution in [1.29, 1.82) is 0 Å². The molecule has 0 aromatic heterocycles. The molecule has 2 aliphatic rings. The van der Waals surface area contributed by atoms with Crippen LogP contribution in [0.1, 0.15) is 46.0 Å². The zero-order chi connectivity index (χ0) is 17.2. The Hall–Kier alpha value is -2.24. The fraction of sp³-hybridized carbons (Fsp3) is 0.556. The van der Waals surface area contributed by atoms with Crippen molar-refractivity contribution in [3.63, 3.8) is 0 Å². The Labute approximate surface area is 144 Å². The average Bonchev–Trinajstić information content (AvgIpc) is 2.56. The van der Waals surface area contributed by atoms with Crippen molar-refractivity contribution in [3.05, 3.63) is 24.3 Å². The van der Waals surface area contributed by atoms with Gasteiger partial charge in [0.25, 0.3) is 0 Å². The number of hydrogen-bond acceptors (Lipinski definition) is 6. The van der Waals surface area contributed by atoms with Crippen LogP contribution < -0.4 is 21.3 Å². The maximum absolute atomic E-state index is 6.30. The number of nitrogens with two attached hydrogens (primary N) is 2. The molecule has 6 nitrogen and oxygen atoms in total. The van der Waals surface area contributed by atoms with Gasteiger partial charge >= 0.3 is 0 Å². The summed E-state index contributed by atoms with van der Waals surface area (Å²) in [7, 11) is 0. The van der Waals surface area contributed by atoms with Crippen LogP contribution in [0.25, 0.3) is 0 Å². The number of benzene rings is 1. The zero-order valence-corrected chi connectivity index (χ0v) is 14.7. The number of hydrogen-bond donors (Lipinski definition) is 2. The molecular formula is C18H28N6. The van der Waals surface area contributed by atoms with Crippen LogP contribution in [0.4, 0.5) is 11.4 Å². The average molecular weight is 328 g/mol. The van der Waals surface area contributed by atoms with Crippen molar-refractivity contribution in [2.75, 3.05) is 22.9 Å². The van der Waals surface area contributed by atoms with Crippen molar-refractivity contribution >= 4 is 23.3 Å². The molecule has 0 unspecified atom stereocenters. The van der Waals surface area contributed by atoms with Crippen molar-refractivity contribution in [1.82, 2.24) is 0 Å². The van der Waals surface area contributed by atoms with Crippen LogP contribution in [0.15, 0.2) is 34.3 Å². The summed E-state index contributed by atoms with van der Waals surface area (Å²) in [6.07, 6.45) is 5.42. The van der Waals surface area contributed by atoms with E-state index in [1.165, 1.54) is 12.1 Å². The van der Waals surface area contributed by atoms with E-state index in [1.807, 2.05) is 0 Å². The lowest BCUT2D eigenvalue weighted by Gasteiger charge is -2.45. The number of rotatable bonds is 4. The SMILES string of the molecule is CCN(CC)c1cccc(N2C(N)=NC(N)=NC23CCCCC3)c1. The zero-order valence-electron chi connectivity index (χ0n) is 14.7. The molecule has 0 amide bonds. The van der Waals surface area contributed by atoms with Gasteiger partial charge in [-0.15, -0.1) is 0 Å². The molecule has 130 valence electrons. The molecule has 0 bridgehead atoms. The van der Waals surface area contributed by atoms with E-state index >= 15 is 0 Å².